The van der Waals surface area contributed by atoms with E-state index in [2.05, 4.69) is 15.2 Å². The monoisotopic (exact) mass is 554 g/mol. The van der Waals surface area contributed by atoms with Crippen LogP contribution in [0.2, 0.25) is 0 Å². The van der Waals surface area contributed by atoms with Gasteiger partial charge < -0.3 is 19.7 Å². The van der Waals surface area contributed by atoms with Gasteiger partial charge in [-0.25, -0.2) is 8.42 Å². The molecule has 10 heteroatoms. The molecule has 0 saturated carbocycles. The molecular formula is C20H35IN4O4S. The molecule has 2 rings (SSSR count). The van der Waals surface area contributed by atoms with Crippen molar-refractivity contribution in [2.45, 2.75) is 33.4 Å². The Balaban J connectivity index is 0.00000450. The highest BCUT2D eigenvalue weighted by Crippen LogP contribution is 2.14. The molecule has 0 bridgehead atoms. The SMILES string of the molecule is CCOc1cccc(CNC(=NC)N2CCN(S(=O)(=O)CCOC(C)C)CC2)c1.I. The maximum Gasteiger partial charge on any atom is 0.216 e. The van der Waals surface area contributed by atoms with Gasteiger partial charge in [0.15, 0.2) is 5.96 Å². The van der Waals surface area contributed by atoms with Gasteiger partial charge in [-0.05, 0) is 38.5 Å². The maximum atomic E-state index is 12.5. The first-order chi connectivity index (χ1) is 13.9. The minimum absolute atomic E-state index is 0. The van der Waals surface area contributed by atoms with E-state index in [0.717, 1.165) is 17.3 Å². The number of halogens is 1. The van der Waals surface area contributed by atoms with Gasteiger partial charge >= 0.3 is 0 Å². The van der Waals surface area contributed by atoms with Crippen LogP contribution in [-0.2, 0) is 21.3 Å². The van der Waals surface area contributed by atoms with Crippen molar-refractivity contribution in [3.63, 3.8) is 0 Å². The second kappa shape index (κ2) is 13.3. The van der Waals surface area contributed by atoms with Crippen molar-refractivity contribution in [3.05, 3.63) is 29.8 Å². The van der Waals surface area contributed by atoms with Crippen molar-refractivity contribution < 1.29 is 17.9 Å². The average molecular weight is 554 g/mol. The predicted octanol–water partition coefficient (Wildman–Crippen LogP) is 2.15. The average Bonchev–Trinajstić information content (AvgIpc) is 2.69. The number of guanidine groups is 1. The molecule has 1 aromatic rings. The van der Waals surface area contributed by atoms with Crippen LogP contribution in [0.25, 0.3) is 0 Å². The molecule has 1 aliphatic rings. The van der Waals surface area contributed by atoms with Gasteiger partial charge in [0.25, 0.3) is 0 Å². The van der Waals surface area contributed by atoms with Crippen molar-refractivity contribution in [3.8, 4) is 5.75 Å². The van der Waals surface area contributed by atoms with E-state index >= 15 is 0 Å². The molecule has 1 heterocycles. The summed E-state index contributed by atoms with van der Waals surface area (Å²) in [6.07, 6.45) is 0.0330. The smallest absolute Gasteiger partial charge is 0.216 e. The normalized spacial score (nSPS) is 15.8. The van der Waals surface area contributed by atoms with Crippen LogP contribution in [0.1, 0.15) is 26.3 Å². The molecule has 0 amide bonds. The number of benzene rings is 1. The Morgan fingerprint density at radius 1 is 1.23 bits per heavy atom. The molecule has 0 atom stereocenters. The summed E-state index contributed by atoms with van der Waals surface area (Å²) < 4.78 is 37.4. The quantitative estimate of drug-likeness (QED) is 0.286. The van der Waals surface area contributed by atoms with Crippen LogP contribution in [-0.4, -0.2) is 81.9 Å². The van der Waals surface area contributed by atoms with Gasteiger partial charge in [0, 0.05) is 39.8 Å². The van der Waals surface area contributed by atoms with E-state index in [-0.39, 0.29) is 42.4 Å². The van der Waals surface area contributed by atoms with Crippen LogP contribution < -0.4 is 10.1 Å². The zero-order valence-corrected chi connectivity index (χ0v) is 21.5. The molecule has 1 fully saturated rings. The van der Waals surface area contributed by atoms with Gasteiger partial charge in [-0.3, -0.25) is 4.99 Å². The summed E-state index contributed by atoms with van der Waals surface area (Å²) in [5.41, 5.74) is 1.10. The predicted molar refractivity (Wildman–Crippen MR) is 131 cm³/mol. The second-order valence-electron chi connectivity index (χ2n) is 7.10. The number of ether oxygens (including phenoxy) is 2. The first-order valence-electron chi connectivity index (χ1n) is 10.1. The van der Waals surface area contributed by atoms with Gasteiger partial charge in [0.05, 0.1) is 25.1 Å². The highest BCUT2D eigenvalue weighted by atomic mass is 127. The molecule has 1 saturated heterocycles. The fraction of sp³-hybridized carbons (Fsp3) is 0.650. The number of rotatable bonds is 9. The fourth-order valence-electron chi connectivity index (χ4n) is 3.12. The van der Waals surface area contributed by atoms with E-state index in [0.29, 0.717) is 39.3 Å². The number of nitrogens with zero attached hydrogens (tertiary/aromatic N) is 3. The fourth-order valence-corrected chi connectivity index (χ4v) is 4.41. The highest BCUT2D eigenvalue weighted by Gasteiger charge is 2.27. The molecule has 1 N–H and O–H groups in total. The number of hydrogen-bond acceptors (Lipinski definition) is 5. The summed E-state index contributed by atoms with van der Waals surface area (Å²) in [7, 11) is -1.55. The van der Waals surface area contributed by atoms with E-state index in [4.69, 9.17) is 9.47 Å². The lowest BCUT2D eigenvalue weighted by atomic mass is 10.2. The largest absolute Gasteiger partial charge is 0.494 e. The van der Waals surface area contributed by atoms with E-state index in [1.54, 1.807) is 11.4 Å². The van der Waals surface area contributed by atoms with Crippen molar-refractivity contribution >= 4 is 40.0 Å². The number of piperazine rings is 1. The van der Waals surface area contributed by atoms with Crippen LogP contribution in [0, 0.1) is 0 Å². The van der Waals surface area contributed by atoms with E-state index in [1.165, 1.54) is 0 Å². The van der Waals surface area contributed by atoms with Gasteiger partial charge in [-0.2, -0.15) is 4.31 Å². The Kier molecular flexibility index (Phi) is 12.0. The van der Waals surface area contributed by atoms with E-state index in [1.807, 2.05) is 45.0 Å². The number of nitrogens with one attached hydrogen (secondary N) is 1. The maximum absolute atomic E-state index is 12.5. The standard InChI is InChI=1S/C20H34N4O4S.HI/c1-5-27-19-8-6-7-18(15-19)16-22-20(21-4)23-9-11-24(12-10-23)29(25,26)14-13-28-17(2)3;/h6-8,15,17H,5,9-14,16H2,1-4H3,(H,21,22);1H. The molecule has 0 aromatic heterocycles. The molecule has 1 aromatic carbocycles. The van der Waals surface area contributed by atoms with Crippen molar-refractivity contribution in [2.24, 2.45) is 4.99 Å². The third-order valence-electron chi connectivity index (χ3n) is 4.60. The Morgan fingerprint density at radius 3 is 2.53 bits per heavy atom. The Labute approximate surface area is 198 Å². The minimum atomic E-state index is -3.29. The molecule has 0 radical (unpaired) electrons. The number of hydrogen-bond donors (Lipinski definition) is 1. The number of aliphatic imine (C=N–C) groups is 1. The topological polar surface area (TPSA) is 83.5 Å². The summed E-state index contributed by atoms with van der Waals surface area (Å²) in [5.74, 6) is 1.64. The molecule has 0 aliphatic carbocycles. The first-order valence-corrected chi connectivity index (χ1v) is 11.7. The third kappa shape index (κ3) is 8.56. The Hall–Kier alpha value is -1.11. The summed E-state index contributed by atoms with van der Waals surface area (Å²) in [6, 6.07) is 7.95. The minimum Gasteiger partial charge on any atom is -0.494 e. The van der Waals surface area contributed by atoms with Crippen molar-refractivity contribution in [2.75, 3.05) is 52.2 Å². The molecule has 0 spiro atoms. The molecule has 1 aliphatic heterocycles. The molecule has 8 nitrogen and oxygen atoms in total. The zero-order valence-electron chi connectivity index (χ0n) is 18.3. The van der Waals surface area contributed by atoms with Gasteiger partial charge in [0.1, 0.15) is 5.75 Å². The van der Waals surface area contributed by atoms with Gasteiger partial charge in [-0.1, -0.05) is 12.1 Å². The molecule has 172 valence electrons. The molecule has 0 unspecified atom stereocenters. The summed E-state index contributed by atoms with van der Waals surface area (Å²) in [4.78, 5) is 6.44. The van der Waals surface area contributed by atoms with Crippen LogP contribution in [0.4, 0.5) is 0 Å². The van der Waals surface area contributed by atoms with Crippen LogP contribution in [0.5, 0.6) is 5.75 Å². The summed E-state index contributed by atoms with van der Waals surface area (Å²) in [6.45, 7) is 9.34. The van der Waals surface area contributed by atoms with Crippen LogP contribution in [0.3, 0.4) is 0 Å². The van der Waals surface area contributed by atoms with Crippen LogP contribution >= 0.6 is 24.0 Å². The van der Waals surface area contributed by atoms with Crippen LogP contribution in [0.15, 0.2) is 29.3 Å². The Bertz CT molecular complexity index is 766. The third-order valence-corrected chi connectivity index (χ3v) is 6.43. The Morgan fingerprint density at radius 2 is 1.93 bits per heavy atom. The zero-order chi connectivity index (χ0) is 21.3. The van der Waals surface area contributed by atoms with Crippen molar-refractivity contribution in [1.82, 2.24) is 14.5 Å². The lowest BCUT2D eigenvalue weighted by molar-refractivity contribution is 0.0904. The van der Waals surface area contributed by atoms with E-state index in [9.17, 15) is 8.42 Å². The van der Waals surface area contributed by atoms with E-state index < -0.39 is 10.0 Å². The summed E-state index contributed by atoms with van der Waals surface area (Å²) in [5, 5.41) is 3.36. The van der Waals surface area contributed by atoms with Crippen molar-refractivity contribution in [1.29, 1.82) is 0 Å². The summed E-state index contributed by atoms with van der Waals surface area (Å²) >= 11 is 0. The molecular weight excluding hydrogens is 519 g/mol. The van der Waals surface area contributed by atoms with Gasteiger partial charge in [-0.15, -0.1) is 24.0 Å². The molecule has 30 heavy (non-hydrogen) atoms. The number of sulfonamides is 1. The lowest BCUT2D eigenvalue weighted by Crippen LogP contribution is -2.54. The first kappa shape index (κ1) is 26.9. The lowest BCUT2D eigenvalue weighted by Gasteiger charge is -2.35. The second-order valence-corrected chi connectivity index (χ2v) is 9.19. The van der Waals surface area contributed by atoms with Gasteiger partial charge in [0.2, 0.25) is 10.0 Å². The highest BCUT2D eigenvalue weighted by molar-refractivity contribution is 14.0.